The number of fused-ring (bicyclic) bond motifs is 1. The van der Waals surface area contributed by atoms with Gasteiger partial charge in [0.05, 0.1) is 24.5 Å². The number of benzene rings is 2. The minimum atomic E-state index is -0.357. The van der Waals surface area contributed by atoms with Gasteiger partial charge < -0.3 is 19.9 Å². The van der Waals surface area contributed by atoms with Gasteiger partial charge in [0, 0.05) is 32.5 Å². The average molecular weight is 433 g/mol. The molecule has 0 radical (unpaired) electrons. The third kappa shape index (κ3) is 4.45. The summed E-state index contributed by atoms with van der Waals surface area (Å²) in [5.41, 5.74) is 3.83. The van der Waals surface area contributed by atoms with Crippen LogP contribution in [0.1, 0.15) is 36.9 Å². The molecule has 0 aliphatic carbocycles. The lowest BCUT2D eigenvalue weighted by Gasteiger charge is -2.20. The number of carbonyl (C=O) groups excluding carboxylic acids is 2. The van der Waals surface area contributed by atoms with E-state index in [1.165, 1.54) is 0 Å². The zero-order valence-electron chi connectivity index (χ0n) is 19.1. The molecule has 7 nitrogen and oxygen atoms in total. The van der Waals surface area contributed by atoms with E-state index >= 15 is 0 Å². The molecule has 0 saturated heterocycles. The van der Waals surface area contributed by atoms with E-state index in [-0.39, 0.29) is 36.1 Å². The van der Waals surface area contributed by atoms with Crippen LogP contribution in [0.25, 0.3) is 0 Å². The molecule has 0 aromatic heterocycles. The minimum Gasteiger partial charge on any atom is -0.496 e. The van der Waals surface area contributed by atoms with Crippen molar-refractivity contribution in [1.29, 1.82) is 5.26 Å². The molecule has 2 aromatic rings. The Labute approximate surface area is 188 Å². The first-order chi connectivity index (χ1) is 15.3. The van der Waals surface area contributed by atoms with Gasteiger partial charge in [-0.15, -0.1) is 0 Å². The zero-order chi connectivity index (χ0) is 23.4. The summed E-state index contributed by atoms with van der Waals surface area (Å²) in [6, 6.07) is 15.3. The van der Waals surface area contributed by atoms with E-state index in [0.29, 0.717) is 11.6 Å². The highest BCUT2D eigenvalue weighted by atomic mass is 16.5. The first-order valence-corrected chi connectivity index (χ1v) is 10.5. The van der Waals surface area contributed by atoms with Gasteiger partial charge in [0.1, 0.15) is 23.2 Å². The highest BCUT2D eigenvalue weighted by Gasteiger charge is 2.31. The number of allylic oxidation sites excluding steroid dienone is 1. The van der Waals surface area contributed by atoms with Crippen molar-refractivity contribution < 1.29 is 14.3 Å². The maximum absolute atomic E-state index is 12.9. The lowest BCUT2D eigenvalue weighted by atomic mass is 10.0. The van der Waals surface area contributed by atoms with Crippen molar-refractivity contribution in [3.8, 4) is 11.8 Å². The molecule has 1 atom stereocenters. The molecule has 7 heteroatoms. The van der Waals surface area contributed by atoms with Crippen LogP contribution in [0.2, 0.25) is 0 Å². The van der Waals surface area contributed by atoms with E-state index in [4.69, 9.17) is 4.74 Å². The number of nitrogens with zero attached hydrogens (tertiary/aromatic N) is 3. The van der Waals surface area contributed by atoms with Gasteiger partial charge in [-0.3, -0.25) is 9.59 Å². The van der Waals surface area contributed by atoms with Crippen molar-refractivity contribution in [2.45, 2.75) is 32.7 Å². The highest BCUT2D eigenvalue weighted by Crippen LogP contribution is 2.40. The van der Waals surface area contributed by atoms with Crippen LogP contribution in [0.3, 0.4) is 0 Å². The van der Waals surface area contributed by atoms with Crippen LogP contribution in [-0.2, 0) is 9.59 Å². The quantitative estimate of drug-likeness (QED) is 0.528. The molecule has 0 fully saturated rings. The van der Waals surface area contributed by atoms with Gasteiger partial charge in [0.2, 0.25) is 5.91 Å². The van der Waals surface area contributed by atoms with Gasteiger partial charge in [-0.2, -0.15) is 5.26 Å². The van der Waals surface area contributed by atoms with E-state index < -0.39 is 0 Å². The van der Waals surface area contributed by atoms with Crippen molar-refractivity contribution in [2.75, 3.05) is 31.0 Å². The lowest BCUT2D eigenvalue weighted by Crippen LogP contribution is -2.29. The standard InChI is InChI=1S/C25H28N4O3/c1-16-10-12-23(32-5)18(14-16)17(2)27-24(31)13-11-22(30)19(15-26)25-28(3)20-8-6-7-9-21(20)29(25)4/h6-10,12,14,17H,11,13H2,1-5H3,(H,27,31). The fourth-order valence-electron chi connectivity index (χ4n) is 3.99. The van der Waals surface area contributed by atoms with Crippen LogP contribution in [0.4, 0.5) is 11.4 Å². The first kappa shape index (κ1) is 22.9. The van der Waals surface area contributed by atoms with Gasteiger partial charge in [-0.25, -0.2) is 0 Å². The molecule has 1 aliphatic rings. The third-order valence-corrected chi connectivity index (χ3v) is 5.66. The summed E-state index contributed by atoms with van der Waals surface area (Å²) < 4.78 is 5.39. The van der Waals surface area contributed by atoms with Crippen molar-refractivity contribution in [3.05, 3.63) is 65.0 Å². The van der Waals surface area contributed by atoms with E-state index in [0.717, 1.165) is 22.5 Å². The Morgan fingerprint density at radius 2 is 1.72 bits per heavy atom. The lowest BCUT2D eigenvalue weighted by molar-refractivity contribution is -0.124. The summed E-state index contributed by atoms with van der Waals surface area (Å²) in [5.74, 6) is 0.609. The number of hydrogen-bond donors (Lipinski definition) is 1. The predicted molar refractivity (Wildman–Crippen MR) is 124 cm³/mol. The average Bonchev–Trinajstić information content (AvgIpc) is 3.03. The molecule has 0 saturated carbocycles. The van der Waals surface area contributed by atoms with Gasteiger partial charge in [-0.1, -0.05) is 29.8 Å². The molecule has 32 heavy (non-hydrogen) atoms. The zero-order valence-corrected chi connectivity index (χ0v) is 19.1. The molecule has 3 rings (SSSR count). The van der Waals surface area contributed by atoms with E-state index in [9.17, 15) is 14.9 Å². The Morgan fingerprint density at radius 3 is 2.28 bits per heavy atom. The summed E-state index contributed by atoms with van der Waals surface area (Å²) >= 11 is 0. The van der Waals surface area contributed by atoms with Crippen molar-refractivity contribution >= 4 is 23.1 Å². The number of methoxy groups -OCH3 is 1. The van der Waals surface area contributed by atoms with Crippen LogP contribution in [0, 0.1) is 18.3 Å². The molecule has 0 spiro atoms. The van der Waals surface area contributed by atoms with Crippen molar-refractivity contribution in [3.63, 3.8) is 0 Å². The SMILES string of the molecule is COc1ccc(C)cc1C(C)NC(=O)CCC(=O)C(C#N)=C1N(C)c2ccccc2N1C. The van der Waals surface area contributed by atoms with Gasteiger partial charge in [-0.05, 0) is 32.0 Å². The van der Waals surface area contributed by atoms with Crippen LogP contribution in [0.15, 0.2) is 53.9 Å². The van der Waals surface area contributed by atoms with Crippen molar-refractivity contribution in [1.82, 2.24) is 5.32 Å². The number of rotatable bonds is 7. The molecule has 1 heterocycles. The number of Topliss-reactive ketones (excluding diaryl/α,β-unsaturated/α-hetero) is 1. The number of nitrogens with one attached hydrogen (secondary N) is 1. The number of anilines is 2. The van der Waals surface area contributed by atoms with Gasteiger partial charge in [0.15, 0.2) is 5.78 Å². The monoisotopic (exact) mass is 432 g/mol. The number of amides is 1. The molecule has 0 bridgehead atoms. The second-order valence-corrected chi connectivity index (χ2v) is 7.87. The second kappa shape index (κ2) is 9.56. The van der Waals surface area contributed by atoms with E-state index in [1.807, 2.05) is 86.3 Å². The molecule has 1 amide bonds. The number of para-hydroxylation sites is 2. The summed E-state index contributed by atoms with van der Waals surface area (Å²) in [7, 11) is 5.24. The Hall–Kier alpha value is -3.79. The van der Waals surface area contributed by atoms with Crippen LogP contribution < -0.4 is 19.9 Å². The van der Waals surface area contributed by atoms with Crippen LogP contribution in [0.5, 0.6) is 5.75 Å². The van der Waals surface area contributed by atoms with Crippen molar-refractivity contribution in [2.24, 2.45) is 0 Å². The fraction of sp³-hybridized carbons (Fsp3) is 0.320. The molecular formula is C25H28N4O3. The van der Waals surface area contributed by atoms with Gasteiger partial charge >= 0.3 is 0 Å². The Bertz CT molecular complexity index is 1090. The number of carbonyl (C=O) groups is 2. The molecule has 1 N–H and O–H groups in total. The number of ketones is 1. The minimum absolute atomic E-state index is 0.00383. The fourth-order valence-corrected chi connectivity index (χ4v) is 3.99. The van der Waals surface area contributed by atoms with E-state index in [2.05, 4.69) is 5.32 Å². The maximum Gasteiger partial charge on any atom is 0.220 e. The predicted octanol–water partition coefficient (Wildman–Crippen LogP) is 3.85. The Morgan fingerprint density at radius 1 is 1.09 bits per heavy atom. The second-order valence-electron chi connectivity index (χ2n) is 7.87. The van der Waals surface area contributed by atoms with Crippen LogP contribution >= 0.6 is 0 Å². The molecule has 2 aromatic carbocycles. The Balaban J connectivity index is 1.69. The van der Waals surface area contributed by atoms with Gasteiger partial charge in [0.25, 0.3) is 0 Å². The largest absolute Gasteiger partial charge is 0.496 e. The van der Waals surface area contributed by atoms with E-state index in [1.54, 1.807) is 7.11 Å². The smallest absolute Gasteiger partial charge is 0.220 e. The maximum atomic E-state index is 12.9. The number of ether oxygens (including phenoxy) is 1. The first-order valence-electron chi connectivity index (χ1n) is 10.5. The Kier molecular flexibility index (Phi) is 6.84. The van der Waals surface area contributed by atoms with Crippen LogP contribution in [-0.4, -0.2) is 32.9 Å². The molecule has 1 aliphatic heterocycles. The number of hydrogen-bond acceptors (Lipinski definition) is 6. The molecule has 1 unspecified atom stereocenters. The molecular weight excluding hydrogens is 404 g/mol. The molecule has 166 valence electrons. The number of nitriles is 1. The topological polar surface area (TPSA) is 85.7 Å². The normalized spacial score (nSPS) is 13.3. The highest BCUT2D eigenvalue weighted by molar-refractivity contribution is 6.03. The third-order valence-electron chi connectivity index (χ3n) is 5.66. The number of aryl methyl sites for hydroxylation is 1. The summed E-state index contributed by atoms with van der Waals surface area (Å²) in [6.07, 6.45) is -0.0515. The summed E-state index contributed by atoms with van der Waals surface area (Å²) in [6.45, 7) is 3.85. The summed E-state index contributed by atoms with van der Waals surface area (Å²) in [5, 5.41) is 12.6. The summed E-state index contributed by atoms with van der Waals surface area (Å²) in [4.78, 5) is 29.1.